The van der Waals surface area contributed by atoms with Crippen LogP contribution in [0.2, 0.25) is 5.02 Å². The van der Waals surface area contributed by atoms with Gasteiger partial charge in [-0.1, -0.05) is 18.5 Å². The normalized spacial score (nSPS) is 18.1. The van der Waals surface area contributed by atoms with Crippen molar-refractivity contribution in [2.24, 2.45) is 5.92 Å². The highest BCUT2D eigenvalue weighted by Crippen LogP contribution is 2.26. The summed E-state index contributed by atoms with van der Waals surface area (Å²) in [5, 5.41) is 14.4. The van der Waals surface area contributed by atoms with Gasteiger partial charge in [0.05, 0.1) is 13.0 Å². The number of amides is 4. The standard InChI is InChI=1S/C18H22ClN3O6/c1-3-13(17(25)26)21-18(27)22-9-15(23)20-8-11(16(22)24)6-10-7-12(19)4-5-14(10)28-2/h4-5,7,11,13H,3,6,8-9H2,1-2H3,(H,20,23)(H,21,27)(H,25,26)/t11-,13-/m1/s1. The molecule has 0 saturated carbocycles. The summed E-state index contributed by atoms with van der Waals surface area (Å²) in [4.78, 5) is 49.2. The molecule has 0 bridgehead atoms. The van der Waals surface area contributed by atoms with Crippen molar-refractivity contribution in [2.45, 2.75) is 25.8 Å². The molecule has 1 aromatic rings. The average Bonchev–Trinajstić information content (AvgIpc) is 2.79. The van der Waals surface area contributed by atoms with Crippen LogP contribution in [-0.4, -0.2) is 60.1 Å². The molecule has 0 radical (unpaired) electrons. The van der Waals surface area contributed by atoms with Gasteiger partial charge in [0.25, 0.3) is 0 Å². The predicted molar refractivity (Wildman–Crippen MR) is 100 cm³/mol. The Morgan fingerprint density at radius 1 is 1.43 bits per heavy atom. The molecule has 1 fully saturated rings. The van der Waals surface area contributed by atoms with Crippen molar-refractivity contribution in [1.82, 2.24) is 15.5 Å². The second-order valence-electron chi connectivity index (χ2n) is 6.33. The van der Waals surface area contributed by atoms with E-state index in [-0.39, 0.29) is 19.4 Å². The van der Waals surface area contributed by atoms with Crippen LogP contribution in [0.3, 0.4) is 0 Å². The fraction of sp³-hybridized carbons (Fsp3) is 0.444. The smallest absolute Gasteiger partial charge is 0.326 e. The van der Waals surface area contributed by atoms with E-state index in [1.54, 1.807) is 25.1 Å². The van der Waals surface area contributed by atoms with Crippen molar-refractivity contribution in [3.8, 4) is 5.75 Å². The van der Waals surface area contributed by atoms with Gasteiger partial charge in [0.1, 0.15) is 18.3 Å². The number of carboxylic acid groups (broad SMARTS) is 1. The molecule has 0 unspecified atom stereocenters. The summed E-state index contributed by atoms with van der Waals surface area (Å²) in [7, 11) is 1.49. The average molecular weight is 412 g/mol. The number of carbonyl (C=O) groups excluding carboxylic acids is 3. The van der Waals surface area contributed by atoms with Crippen LogP contribution in [0, 0.1) is 5.92 Å². The molecule has 9 nitrogen and oxygen atoms in total. The summed E-state index contributed by atoms with van der Waals surface area (Å²) >= 11 is 6.02. The molecule has 3 N–H and O–H groups in total. The largest absolute Gasteiger partial charge is 0.496 e. The van der Waals surface area contributed by atoms with Crippen LogP contribution in [0.5, 0.6) is 5.75 Å². The van der Waals surface area contributed by atoms with Crippen molar-refractivity contribution in [2.75, 3.05) is 20.2 Å². The molecule has 0 spiro atoms. The molecule has 1 aliphatic heterocycles. The maximum Gasteiger partial charge on any atom is 0.326 e. The Morgan fingerprint density at radius 3 is 2.75 bits per heavy atom. The van der Waals surface area contributed by atoms with Gasteiger partial charge < -0.3 is 20.5 Å². The molecule has 4 amide bonds. The first kappa shape index (κ1) is 21.5. The van der Waals surface area contributed by atoms with Gasteiger partial charge >= 0.3 is 12.0 Å². The molecule has 10 heteroatoms. The number of carbonyl (C=O) groups is 4. The number of nitrogens with one attached hydrogen (secondary N) is 2. The topological polar surface area (TPSA) is 125 Å². The number of imide groups is 1. The van der Waals surface area contributed by atoms with Gasteiger partial charge in [-0.05, 0) is 36.6 Å². The predicted octanol–water partition coefficient (Wildman–Crippen LogP) is 1.04. The Bertz CT molecular complexity index is 785. The number of carboxylic acids is 1. The number of methoxy groups -OCH3 is 1. The highest BCUT2D eigenvalue weighted by atomic mass is 35.5. The van der Waals surface area contributed by atoms with Gasteiger partial charge in [-0.3, -0.25) is 14.5 Å². The molecular formula is C18H22ClN3O6. The van der Waals surface area contributed by atoms with E-state index in [4.69, 9.17) is 21.4 Å². The van der Waals surface area contributed by atoms with Crippen LogP contribution in [0.1, 0.15) is 18.9 Å². The van der Waals surface area contributed by atoms with Gasteiger partial charge in [0, 0.05) is 11.6 Å². The SMILES string of the molecule is CC[C@@H](NC(=O)N1CC(=O)NC[C@@H](Cc2cc(Cl)ccc2OC)C1=O)C(=O)O. The van der Waals surface area contributed by atoms with Gasteiger partial charge in [-0.15, -0.1) is 0 Å². The molecule has 0 aromatic heterocycles. The maximum atomic E-state index is 12.9. The Kier molecular flexibility index (Phi) is 7.22. The fourth-order valence-electron chi connectivity index (χ4n) is 2.89. The molecule has 1 saturated heterocycles. The number of halogens is 1. The van der Waals surface area contributed by atoms with Gasteiger partial charge in [0.2, 0.25) is 11.8 Å². The number of hydrogen-bond acceptors (Lipinski definition) is 5. The summed E-state index contributed by atoms with van der Waals surface area (Å²) in [6, 6.07) is 2.90. The second kappa shape index (κ2) is 9.41. The van der Waals surface area contributed by atoms with Crippen LogP contribution in [0.25, 0.3) is 0 Å². The lowest BCUT2D eigenvalue weighted by atomic mass is 9.97. The van der Waals surface area contributed by atoms with Crippen LogP contribution in [-0.2, 0) is 20.8 Å². The van der Waals surface area contributed by atoms with E-state index in [9.17, 15) is 19.2 Å². The zero-order valence-electron chi connectivity index (χ0n) is 15.5. The molecule has 2 atom stereocenters. The number of urea groups is 1. The summed E-state index contributed by atoms with van der Waals surface area (Å²) in [5.41, 5.74) is 0.654. The summed E-state index contributed by atoms with van der Waals surface area (Å²) in [6.07, 6.45) is 0.321. The summed E-state index contributed by atoms with van der Waals surface area (Å²) < 4.78 is 5.28. The molecule has 1 aliphatic rings. The van der Waals surface area contributed by atoms with Crippen molar-refractivity contribution >= 4 is 35.4 Å². The Balaban J connectivity index is 2.24. The van der Waals surface area contributed by atoms with E-state index in [0.29, 0.717) is 16.3 Å². The van der Waals surface area contributed by atoms with E-state index < -0.39 is 42.3 Å². The van der Waals surface area contributed by atoms with E-state index in [1.165, 1.54) is 7.11 Å². The molecule has 0 aliphatic carbocycles. The van der Waals surface area contributed by atoms with Crippen molar-refractivity contribution in [3.63, 3.8) is 0 Å². The summed E-state index contributed by atoms with van der Waals surface area (Å²) in [6.45, 7) is 1.14. The number of ether oxygens (including phenoxy) is 1. The highest BCUT2D eigenvalue weighted by Gasteiger charge is 2.35. The van der Waals surface area contributed by atoms with Gasteiger partial charge in [-0.2, -0.15) is 0 Å². The highest BCUT2D eigenvalue weighted by molar-refractivity contribution is 6.30. The van der Waals surface area contributed by atoms with Crippen molar-refractivity contribution in [1.29, 1.82) is 0 Å². The minimum Gasteiger partial charge on any atom is -0.496 e. The third-order valence-corrected chi connectivity index (χ3v) is 4.66. The molecule has 2 rings (SSSR count). The molecule has 152 valence electrons. The Morgan fingerprint density at radius 2 is 2.14 bits per heavy atom. The number of hydrogen-bond donors (Lipinski definition) is 3. The van der Waals surface area contributed by atoms with Gasteiger partial charge in [0.15, 0.2) is 0 Å². The lowest BCUT2D eigenvalue weighted by Crippen LogP contribution is -2.52. The fourth-order valence-corrected chi connectivity index (χ4v) is 3.09. The van der Waals surface area contributed by atoms with Crippen LogP contribution in [0.15, 0.2) is 18.2 Å². The maximum absolute atomic E-state index is 12.9. The van der Waals surface area contributed by atoms with E-state index in [1.807, 2.05) is 0 Å². The van der Waals surface area contributed by atoms with Gasteiger partial charge in [-0.25, -0.2) is 9.59 Å². The third kappa shape index (κ3) is 5.13. The number of aliphatic carboxylic acids is 1. The minimum atomic E-state index is -1.22. The first-order valence-electron chi connectivity index (χ1n) is 8.70. The van der Waals surface area contributed by atoms with Crippen molar-refractivity contribution in [3.05, 3.63) is 28.8 Å². The Hall–Kier alpha value is -2.81. The lowest BCUT2D eigenvalue weighted by Gasteiger charge is -2.24. The third-order valence-electron chi connectivity index (χ3n) is 4.42. The van der Waals surface area contributed by atoms with E-state index >= 15 is 0 Å². The van der Waals surface area contributed by atoms with E-state index in [2.05, 4.69) is 10.6 Å². The van der Waals surface area contributed by atoms with Crippen LogP contribution < -0.4 is 15.4 Å². The molecule has 28 heavy (non-hydrogen) atoms. The summed E-state index contributed by atoms with van der Waals surface area (Å²) in [5.74, 6) is -2.52. The minimum absolute atomic E-state index is 0.0350. The number of nitrogens with zero attached hydrogens (tertiary/aromatic N) is 1. The second-order valence-corrected chi connectivity index (χ2v) is 6.77. The molecule has 1 aromatic carbocycles. The molecular weight excluding hydrogens is 390 g/mol. The number of rotatable bonds is 6. The van der Waals surface area contributed by atoms with Crippen molar-refractivity contribution < 1.29 is 29.0 Å². The zero-order chi connectivity index (χ0) is 20.8. The number of benzene rings is 1. The Labute approximate surface area is 167 Å². The monoisotopic (exact) mass is 411 g/mol. The lowest BCUT2D eigenvalue weighted by molar-refractivity contribution is -0.140. The first-order valence-corrected chi connectivity index (χ1v) is 9.08. The zero-order valence-corrected chi connectivity index (χ0v) is 16.3. The van der Waals surface area contributed by atoms with Crippen LogP contribution in [0.4, 0.5) is 4.79 Å². The molecule has 1 heterocycles. The van der Waals surface area contributed by atoms with E-state index in [0.717, 1.165) is 4.90 Å². The first-order chi connectivity index (χ1) is 13.3. The quantitative estimate of drug-likeness (QED) is 0.642. The van der Waals surface area contributed by atoms with Crippen LogP contribution >= 0.6 is 11.6 Å².